The smallest absolute Gasteiger partial charge is 0.0312 e. The summed E-state index contributed by atoms with van der Waals surface area (Å²) in [4.78, 5) is 1.48. The monoisotopic (exact) mass is 384 g/mol. The second kappa shape index (κ2) is 7.72. The Kier molecular flexibility index (Phi) is 4.94. The van der Waals surface area contributed by atoms with E-state index < -0.39 is 0 Å². The van der Waals surface area contributed by atoms with Crippen molar-refractivity contribution >= 4 is 35.1 Å². The molecular formula is C27H28S. The molecule has 142 valence electrons. The Hall–Kier alpha value is -2.12. The van der Waals surface area contributed by atoms with Crippen LogP contribution in [0.15, 0.2) is 48.1 Å². The summed E-state index contributed by atoms with van der Waals surface area (Å²) in [6.45, 7) is 2.13. The normalized spacial score (nSPS) is 21.2. The highest BCUT2D eigenvalue weighted by molar-refractivity contribution is 7.11. The fourth-order valence-corrected chi connectivity index (χ4v) is 6.22. The van der Waals surface area contributed by atoms with Gasteiger partial charge in [0.1, 0.15) is 0 Å². The maximum absolute atomic E-state index is 2.47. The molecule has 0 bridgehead atoms. The lowest BCUT2D eigenvalue weighted by Gasteiger charge is -2.22. The fourth-order valence-electron chi connectivity index (χ4n) is 5.00. The zero-order chi connectivity index (χ0) is 18.9. The predicted octanol–water partition coefficient (Wildman–Crippen LogP) is 6.36. The topological polar surface area (TPSA) is 0 Å². The molecule has 3 aliphatic carbocycles. The first-order valence-corrected chi connectivity index (χ1v) is 11.6. The van der Waals surface area contributed by atoms with Crippen molar-refractivity contribution in [3.05, 3.63) is 79.4 Å². The number of thiophene rings is 1. The molecule has 0 saturated carbocycles. The number of rotatable bonds is 3. The van der Waals surface area contributed by atoms with Gasteiger partial charge in [0.15, 0.2) is 0 Å². The van der Waals surface area contributed by atoms with E-state index in [2.05, 4.69) is 67.6 Å². The molecule has 0 aliphatic heterocycles. The summed E-state index contributed by atoms with van der Waals surface area (Å²) in [5, 5.41) is 1.53. The second-order valence-corrected chi connectivity index (χ2v) is 9.30. The largest absolute Gasteiger partial charge is 0.136 e. The molecule has 0 spiro atoms. The molecule has 0 fully saturated rings. The number of allylic oxidation sites excluding steroid dienone is 5. The van der Waals surface area contributed by atoms with E-state index in [1.54, 1.807) is 16.7 Å². The first-order valence-electron chi connectivity index (χ1n) is 10.8. The van der Waals surface area contributed by atoms with E-state index >= 15 is 0 Å². The molecule has 3 aliphatic rings. The van der Waals surface area contributed by atoms with Gasteiger partial charge in [0.25, 0.3) is 0 Å². The minimum atomic E-state index is 0.496. The van der Waals surface area contributed by atoms with Gasteiger partial charge in [-0.2, -0.15) is 0 Å². The Morgan fingerprint density at radius 2 is 1.96 bits per heavy atom. The molecule has 1 unspecified atom stereocenters. The third-order valence-corrected chi connectivity index (χ3v) is 7.61. The highest BCUT2D eigenvalue weighted by Gasteiger charge is 2.20. The van der Waals surface area contributed by atoms with E-state index in [0.717, 1.165) is 6.42 Å². The van der Waals surface area contributed by atoms with Gasteiger partial charge in [-0.15, -0.1) is 11.3 Å². The summed E-state index contributed by atoms with van der Waals surface area (Å²) in [7, 11) is 0. The summed E-state index contributed by atoms with van der Waals surface area (Å²) in [5.41, 5.74) is 7.61. The van der Waals surface area contributed by atoms with E-state index in [-0.39, 0.29) is 0 Å². The van der Waals surface area contributed by atoms with Crippen LogP contribution in [0, 0.1) is 0 Å². The van der Waals surface area contributed by atoms with Crippen molar-refractivity contribution in [3.8, 4) is 0 Å². The van der Waals surface area contributed by atoms with Gasteiger partial charge in [0, 0.05) is 15.3 Å². The van der Waals surface area contributed by atoms with E-state index in [1.807, 2.05) is 11.3 Å². The first kappa shape index (κ1) is 17.9. The summed E-state index contributed by atoms with van der Waals surface area (Å²) < 4.78 is 1.50. The average Bonchev–Trinajstić information content (AvgIpc) is 3.12. The predicted molar refractivity (Wildman–Crippen MR) is 124 cm³/mol. The van der Waals surface area contributed by atoms with Crippen LogP contribution in [-0.4, -0.2) is 0 Å². The molecule has 0 saturated heterocycles. The Morgan fingerprint density at radius 3 is 2.89 bits per heavy atom. The van der Waals surface area contributed by atoms with Crippen molar-refractivity contribution in [1.82, 2.24) is 0 Å². The molecule has 5 rings (SSSR count). The quantitative estimate of drug-likeness (QED) is 0.577. The third-order valence-electron chi connectivity index (χ3n) is 6.40. The number of hydrogen-bond donors (Lipinski definition) is 0. The molecule has 28 heavy (non-hydrogen) atoms. The Balaban J connectivity index is 1.51. The third kappa shape index (κ3) is 3.26. The Morgan fingerprint density at radius 1 is 1.07 bits per heavy atom. The van der Waals surface area contributed by atoms with Crippen LogP contribution in [0.25, 0.3) is 23.8 Å². The second-order valence-electron chi connectivity index (χ2n) is 8.21. The SMILES string of the molecule is C/C=C\C1=C(c2cccc(C3C=Cc4sc5c(c4C3)=CCCC=5)c2)CCCC1. The van der Waals surface area contributed by atoms with Crippen molar-refractivity contribution in [2.24, 2.45) is 0 Å². The Labute approximate surface area is 172 Å². The van der Waals surface area contributed by atoms with Crippen molar-refractivity contribution in [2.75, 3.05) is 0 Å². The molecular weight excluding hydrogens is 356 g/mol. The maximum atomic E-state index is 2.47. The van der Waals surface area contributed by atoms with Gasteiger partial charge in [-0.3, -0.25) is 0 Å². The lowest BCUT2D eigenvalue weighted by Crippen LogP contribution is -2.25. The first-order chi connectivity index (χ1) is 13.8. The summed E-state index contributed by atoms with van der Waals surface area (Å²) in [5.74, 6) is 0.496. The van der Waals surface area contributed by atoms with Gasteiger partial charge in [-0.1, -0.05) is 54.6 Å². The van der Waals surface area contributed by atoms with Crippen molar-refractivity contribution < 1.29 is 0 Å². The molecule has 0 radical (unpaired) electrons. The molecule has 1 atom stereocenters. The zero-order valence-corrected chi connectivity index (χ0v) is 17.5. The van der Waals surface area contributed by atoms with E-state index in [0.29, 0.717) is 5.92 Å². The van der Waals surface area contributed by atoms with Crippen LogP contribution in [0.1, 0.15) is 72.9 Å². The molecule has 1 aromatic heterocycles. The highest BCUT2D eigenvalue weighted by Crippen LogP contribution is 2.36. The van der Waals surface area contributed by atoms with Crippen LogP contribution in [0.3, 0.4) is 0 Å². The maximum Gasteiger partial charge on any atom is 0.0312 e. The van der Waals surface area contributed by atoms with Crippen LogP contribution in [0.2, 0.25) is 0 Å². The highest BCUT2D eigenvalue weighted by atomic mass is 32.1. The standard InChI is InChI=1S/C27H28S/c1-2-8-19-9-3-4-12-23(19)22-11-7-10-20(17-22)21-15-16-27-25(18-21)24-13-5-6-14-26(24)28-27/h2,7-8,10-11,13-17,21H,3-6,9,12,18H2,1H3/b8-2-. The van der Waals surface area contributed by atoms with Crippen LogP contribution in [-0.2, 0) is 6.42 Å². The Bertz CT molecular complexity index is 1100. The van der Waals surface area contributed by atoms with Crippen LogP contribution >= 0.6 is 11.3 Å². The number of fused-ring (bicyclic) bond motifs is 3. The van der Waals surface area contributed by atoms with Crippen molar-refractivity contribution in [2.45, 2.75) is 57.8 Å². The zero-order valence-electron chi connectivity index (χ0n) is 16.7. The van der Waals surface area contributed by atoms with Gasteiger partial charge in [0.2, 0.25) is 0 Å². The van der Waals surface area contributed by atoms with Gasteiger partial charge in [-0.25, -0.2) is 0 Å². The van der Waals surface area contributed by atoms with Crippen LogP contribution < -0.4 is 9.75 Å². The lowest BCUT2D eigenvalue weighted by atomic mass is 9.83. The van der Waals surface area contributed by atoms with E-state index in [4.69, 9.17) is 0 Å². The molecule has 0 nitrogen and oxygen atoms in total. The number of hydrogen-bond acceptors (Lipinski definition) is 1. The lowest BCUT2D eigenvalue weighted by molar-refractivity contribution is 0.724. The molecule has 1 heteroatoms. The van der Waals surface area contributed by atoms with Gasteiger partial charge < -0.3 is 0 Å². The summed E-state index contributed by atoms with van der Waals surface area (Å²) in [6, 6.07) is 9.39. The van der Waals surface area contributed by atoms with Gasteiger partial charge in [0.05, 0.1) is 0 Å². The van der Waals surface area contributed by atoms with Crippen molar-refractivity contribution in [1.29, 1.82) is 0 Å². The molecule has 0 amide bonds. The summed E-state index contributed by atoms with van der Waals surface area (Å²) in [6.07, 6.45) is 22.9. The van der Waals surface area contributed by atoms with Crippen molar-refractivity contribution in [3.63, 3.8) is 0 Å². The van der Waals surface area contributed by atoms with E-state index in [9.17, 15) is 0 Å². The average molecular weight is 385 g/mol. The molecule has 1 aromatic carbocycles. The van der Waals surface area contributed by atoms with Crippen LogP contribution in [0.4, 0.5) is 0 Å². The minimum absolute atomic E-state index is 0.496. The van der Waals surface area contributed by atoms with E-state index in [1.165, 1.54) is 64.3 Å². The molecule has 1 heterocycles. The minimum Gasteiger partial charge on any atom is -0.136 e. The van der Waals surface area contributed by atoms with Gasteiger partial charge >= 0.3 is 0 Å². The summed E-state index contributed by atoms with van der Waals surface area (Å²) >= 11 is 1.98. The van der Waals surface area contributed by atoms with Crippen LogP contribution in [0.5, 0.6) is 0 Å². The molecule has 2 aromatic rings. The molecule has 0 N–H and O–H groups in total. The fraction of sp³-hybridized carbons (Fsp3) is 0.333. The van der Waals surface area contributed by atoms with Gasteiger partial charge in [-0.05, 0) is 91.0 Å². The number of benzene rings is 1.